The number of hydrogen-bond donors (Lipinski definition) is 0. The van der Waals surface area contributed by atoms with E-state index in [4.69, 9.17) is 14.2 Å². The highest BCUT2D eigenvalue weighted by Crippen LogP contribution is 2.16. The molecule has 0 fully saturated rings. The number of rotatable bonds is 54. The zero-order valence-electron chi connectivity index (χ0n) is 45.4. The average Bonchev–Trinajstić information content (AvgIpc) is 3.34. The summed E-state index contributed by atoms with van der Waals surface area (Å²) in [7, 11) is 0. The molecular weight excluding hydrogens is 841 g/mol. The quantitative estimate of drug-likeness (QED) is 0.0262. The summed E-state index contributed by atoms with van der Waals surface area (Å²) in [4.78, 5) is 38.0. The number of carbonyl (C=O) groups excluding carboxylic acids is 3. The molecule has 0 N–H and O–H groups in total. The van der Waals surface area contributed by atoms with Crippen molar-refractivity contribution in [2.45, 2.75) is 316 Å². The van der Waals surface area contributed by atoms with Crippen LogP contribution in [0.3, 0.4) is 0 Å². The second-order valence-electron chi connectivity index (χ2n) is 19.9. The van der Waals surface area contributed by atoms with Crippen LogP contribution < -0.4 is 0 Å². The number of hydrogen-bond acceptors (Lipinski definition) is 6. The highest BCUT2D eigenvalue weighted by atomic mass is 16.6. The minimum Gasteiger partial charge on any atom is -0.462 e. The van der Waals surface area contributed by atoms with Crippen molar-refractivity contribution >= 4 is 17.9 Å². The van der Waals surface area contributed by atoms with Gasteiger partial charge < -0.3 is 14.2 Å². The molecule has 0 bridgehead atoms. The largest absolute Gasteiger partial charge is 0.462 e. The maximum Gasteiger partial charge on any atom is 0.306 e. The van der Waals surface area contributed by atoms with E-state index in [1.165, 1.54) is 186 Å². The van der Waals surface area contributed by atoms with Crippen molar-refractivity contribution in [3.05, 3.63) is 48.6 Å². The summed E-state index contributed by atoms with van der Waals surface area (Å²) < 4.78 is 16.8. The first kappa shape index (κ1) is 65.4. The monoisotopic (exact) mass is 953 g/mol. The first-order valence-corrected chi connectivity index (χ1v) is 29.6. The van der Waals surface area contributed by atoms with Gasteiger partial charge >= 0.3 is 17.9 Å². The summed E-state index contributed by atoms with van der Waals surface area (Å²) >= 11 is 0. The SMILES string of the molecule is CCCC/C=C\CCCCCCCC(=O)OCC(COC(=O)CCCCCCCCCCCCCCCCC/C=C\C/C=C\CCCCCCC)OC(=O)CCCCCCC/C=C\CCCCC. The van der Waals surface area contributed by atoms with Crippen LogP contribution in [0.1, 0.15) is 310 Å². The predicted molar refractivity (Wildman–Crippen MR) is 293 cm³/mol. The van der Waals surface area contributed by atoms with Gasteiger partial charge in [-0.1, -0.05) is 243 Å². The standard InChI is InChI=1S/C62H112O6/c1-4-7-10-13-16-19-22-24-25-26-27-28-29-30-31-32-33-34-35-36-37-38-41-43-46-49-52-55-61(64)67-58-59(57-66-60(63)54-51-48-45-42-39-21-18-15-12-9-6-3)68-62(65)56-53-50-47-44-40-23-20-17-14-11-8-5-2/h15,17-18,20,22,24,26-27,59H,4-14,16,19,21,23,25,28-58H2,1-3H3/b18-15-,20-17-,24-22-,27-26-. The van der Waals surface area contributed by atoms with Gasteiger partial charge in [-0.05, 0) is 96.3 Å². The lowest BCUT2D eigenvalue weighted by atomic mass is 10.0. The number of ether oxygens (including phenoxy) is 3. The van der Waals surface area contributed by atoms with Crippen molar-refractivity contribution in [2.24, 2.45) is 0 Å². The van der Waals surface area contributed by atoms with Crippen molar-refractivity contribution in [2.75, 3.05) is 13.2 Å². The molecular formula is C62H112O6. The lowest BCUT2D eigenvalue weighted by molar-refractivity contribution is -0.167. The smallest absolute Gasteiger partial charge is 0.306 e. The third-order valence-electron chi connectivity index (χ3n) is 13.0. The maximum atomic E-state index is 12.8. The summed E-state index contributed by atoms with van der Waals surface area (Å²) in [6.45, 7) is 6.58. The zero-order chi connectivity index (χ0) is 49.3. The highest BCUT2D eigenvalue weighted by molar-refractivity contribution is 5.71. The fourth-order valence-electron chi connectivity index (χ4n) is 8.51. The normalized spacial score (nSPS) is 12.3. The van der Waals surface area contributed by atoms with E-state index in [1.807, 2.05) is 0 Å². The minimum atomic E-state index is -0.778. The van der Waals surface area contributed by atoms with E-state index in [-0.39, 0.29) is 31.1 Å². The van der Waals surface area contributed by atoms with Gasteiger partial charge in [0.25, 0.3) is 0 Å². The van der Waals surface area contributed by atoms with E-state index in [1.54, 1.807) is 0 Å². The Hall–Kier alpha value is -2.63. The molecule has 0 rings (SSSR count). The second-order valence-corrected chi connectivity index (χ2v) is 19.9. The van der Waals surface area contributed by atoms with Crippen molar-refractivity contribution in [3.63, 3.8) is 0 Å². The summed E-state index contributed by atoms with van der Waals surface area (Å²) in [6, 6.07) is 0. The summed E-state index contributed by atoms with van der Waals surface area (Å²) in [5.74, 6) is -0.885. The molecule has 0 heterocycles. The molecule has 0 aromatic rings. The van der Waals surface area contributed by atoms with E-state index < -0.39 is 6.10 Å². The van der Waals surface area contributed by atoms with Crippen LogP contribution >= 0.6 is 0 Å². The van der Waals surface area contributed by atoms with E-state index in [0.717, 1.165) is 83.5 Å². The van der Waals surface area contributed by atoms with Crippen LogP contribution in [-0.4, -0.2) is 37.2 Å². The molecule has 0 saturated carbocycles. The average molecular weight is 954 g/mol. The predicted octanol–water partition coefficient (Wildman–Crippen LogP) is 19.8. The molecule has 6 nitrogen and oxygen atoms in total. The summed E-state index contributed by atoms with van der Waals surface area (Å²) in [5, 5.41) is 0. The van der Waals surface area contributed by atoms with Gasteiger partial charge in [-0.15, -0.1) is 0 Å². The Kier molecular flexibility index (Phi) is 54.8. The Balaban J connectivity index is 4.15. The third kappa shape index (κ3) is 54.3. The van der Waals surface area contributed by atoms with E-state index in [2.05, 4.69) is 69.4 Å². The number of unbranched alkanes of at least 4 members (excludes halogenated alkanes) is 35. The Morgan fingerprint density at radius 1 is 0.294 bits per heavy atom. The lowest BCUT2D eigenvalue weighted by Crippen LogP contribution is -2.30. The molecule has 0 amide bonds. The molecule has 68 heavy (non-hydrogen) atoms. The first-order chi connectivity index (χ1) is 33.5. The van der Waals surface area contributed by atoms with Gasteiger partial charge in [0.2, 0.25) is 0 Å². The van der Waals surface area contributed by atoms with Crippen LogP contribution in [0.15, 0.2) is 48.6 Å². The molecule has 0 aromatic carbocycles. The Morgan fingerprint density at radius 2 is 0.544 bits per heavy atom. The summed E-state index contributed by atoms with van der Waals surface area (Å²) in [5.41, 5.74) is 0. The molecule has 0 radical (unpaired) electrons. The van der Waals surface area contributed by atoms with Crippen molar-refractivity contribution in [3.8, 4) is 0 Å². The molecule has 0 aliphatic carbocycles. The van der Waals surface area contributed by atoms with Gasteiger partial charge in [-0.3, -0.25) is 14.4 Å². The molecule has 1 atom stereocenters. The van der Waals surface area contributed by atoms with Crippen LogP contribution in [0.5, 0.6) is 0 Å². The number of carbonyl (C=O) groups is 3. The lowest BCUT2D eigenvalue weighted by Gasteiger charge is -2.18. The van der Waals surface area contributed by atoms with E-state index in [0.29, 0.717) is 19.3 Å². The molecule has 396 valence electrons. The van der Waals surface area contributed by atoms with E-state index in [9.17, 15) is 14.4 Å². The fraction of sp³-hybridized carbons (Fsp3) is 0.823. The second kappa shape index (κ2) is 57.0. The Morgan fingerprint density at radius 3 is 0.897 bits per heavy atom. The molecule has 0 aromatic heterocycles. The van der Waals surface area contributed by atoms with Crippen molar-refractivity contribution in [1.82, 2.24) is 0 Å². The number of allylic oxidation sites excluding steroid dienone is 8. The Labute approximate surface area is 422 Å². The van der Waals surface area contributed by atoms with Crippen LogP contribution in [0.4, 0.5) is 0 Å². The van der Waals surface area contributed by atoms with Gasteiger partial charge in [0.1, 0.15) is 13.2 Å². The summed E-state index contributed by atoms with van der Waals surface area (Å²) in [6.07, 6.45) is 69.8. The minimum absolute atomic E-state index is 0.0770. The topological polar surface area (TPSA) is 78.9 Å². The molecule has 1 unspecified atom stereocenters. The van der Waals surface area contributed by atoms with Gasteiger partial charge in [0.15, 0.2) is 6.10 Å². The molecule has 0 aliphatic heterocycles. The number of esters is 3. The first-order valence-electron chi connectivity index (χ1n) is 29.6. The van der Waals surface area contributed by atoms with Crippen LogP contribution in [0.2, 0.25) is 0 Å². The molecule has 0 aliphatic rings. The van der Waals surface area contributed by atoms with Gasteiger partial charge in [-0.2, -0.15) is 0 Å². The van der Waals surface area contributed by atoms with E-state index >= 15 is 0 Å². The van der Waals surface area contributed by atoms with Crippen LogP contribution in [0, 0.1) is 0 Å². The highest BCUT2D eigenvalue weighted by Gasteiger charge is 2.19. The molecule has 0 spiro atoms. The zero-order valence-corrected chi connectivity index (χ0v) is 45.4. The fourth-order valence-corrected chi connectivity index (χ4v) is 8.51. The van der Waals surface area contributed by atoms with Crippen LogP contribution in [0.25, 0.3) is 0 Å². The Bertz CT molecular complexity index is 1190. The molecule has 6 heteroatoms. The van der Waals surface area contributed by atoms with Crippen LogP contribution in [-0.2, 0) is 28.6 Å². The van der Waals surface area contributed by atoms with Gasteiger partial charge in [0.05, 0.1) is 0 Å². The molecule has 0 saturated heterocycles. The van der Waals surface area contributed by atoms with Gasteiger partial charge in [-0.25, -0.2) is 0 Å². The maximum absolute atomic E-state index is 12.8. The van der Waals surface area contributed by atoms with Crippen molar-refractivity contribution in [1.29, 1.82) is 0 Å². The van der Waals surface area contributed by atoms with Gasteiger partial charge in [0, 0.05) is 19.3 Å². The third-order valence-corrected chi connectivity index (χ3v) is 13.0. The van der Waals surface area contributed by atoms with Crippen molar-refractivity contribution < 1.29 is 28.6 Å².